The van der Waals surface area contributed by atoms with Crippen molar-refractivity contribution >= 4 is 26.0 Å². The zero-order chi connectivity index (χ0) is 13.8. The summed E-state index contributed by atoms with van der Waals surface area (Å²) in [5, 5.41) is 0. The molecule has 0 aromatic heterocycles. The molecule has 7 heteroatoms. The molecule has 0 unspecified atom stereocenters. The molecule has 1 rings (SSSR count). The number of nitrogens with zero attached hydrogens (tertiary/aromatic N) is 1. The van der Waals surface area contributed by atoms with E-state index >= 15 is 0 Å². The smallest absolute Gasteiger partial charge is 0.242 e. The molecule has 0 spiro atoms. The standard InChI is InChI=1S/C11H16BrNO4S/c1-13(6-7-16-2)18(14,15)9-4-5-11(17-3)10(12)8-9/h4-5,8H,6-7H2,1-3H3. The molecule has 0 radical (unpaired) electrons. The van der Waals surface area contributed by atoms with E-state index in [4.69, 9.17) is 9.47 Å². The summed E-state index contributed by atoms with van der Waals surface area (Å²) in [7, 11) is 1.09. The Labute approximate surface area is 116 Å². The summed E-state index contributed by atoms with van der Waals surface area (Å²) >= 11 is 3.27. The minimum Gasteiger partial charge on any atom is -0.496 e. The number of ether oxygens (including phenoxy) is 2. The lowest BCUT2D eigenvalue weighted by atomic mass is 10.3. The van der Waals surface area contributed by atoms with Crippen LogP contribution in [-0.2, 0) is 14.8 Å². The zero-order valence-corrected chi connectivity index (χ0v) is 12.9. The van der Waals surface area contributed by atoms with Crippen LogP contribution < -0.4 is 4.74 Å². The van der Waals surface area contributed by atoms with Crippen molar-refractivity contribution in [3.05, 3.63) is 22.7 Å². The van der Waals surface area contributed by atoms with Gasteiger partial charge in [-0.2, -0.15) is 4.31 Å². The predicted octanol–water partition coefficient (Wildman–Crippen LogP) is 1.72. The minimum atomic E-state index is -3.49. The maximum Gasteiger partial charge on any atom is 0.242 e. The maximum absolute atomic E-state index is 12.2. The van der Waals surface area contributed by atoms with Gasteiger partial charge in [-0.3, -0.25) is 0 Å². The number of sulfonamides is 1. The summed E-state index contributed by atoms with van der Waals surface area (Å²) in [5.74, 6) is 0.591. The Morgan fingerprint density at radius 1 is 1.33 bits per heavy atom. The number of hydrogen-bond acceptors (Lipinski definition) is 4. The summed E-state index contributed by atoms with van der Waals surface area (Å²) in [6.07, 6.45) is 0. The third-order valence-electron chi connectivity index (χ3n) is 2.44. The molecule has 1 aromatic carbocycles. The van der Waals surface area contributed by atoms with Crippen molar-refractivity contribution in [2.45, 2.75) is 4.90 Å². The Morgan fingerprint density at radius 3 is 2.50 bits per heavy atom. The van der Waals surface area contributed by atoms with E-state index in [-0.39, 0.29) is 4.90 Å². The molecule has 0 heterocycles. The van der Waals surface area contributed by atoms with Gasteiger partial charge in [-0.1, -0.05) is 0 Å². The predicted molar refractivity (Wildman–Crippen MR) is 72.4 cm³/mol. The molecule has 102 valence electrons. The van der Waals surface area contributed by atoms with Crippen LogP contribution in [0, 0.1) is 0 Å². The molecule has 0 bridgehead atoms. The van der Waals surface area contributed by atoms with E-state index in [2.05, 4.69) is 15.9 Å². The molecule has 0 aliphatic rings. The van der Waals surface area contributed by atoms with Gasteiger partial charge in [0.05, 0.1) is 23.1 Å². The molecule has 5 nitrogen and oxygen atoms in total. The van der Waals surface area contributed by atoms with Gasteiger partial charge in [0.1, 0.15) is 5.75 Å². The molecule has 0 N–H and O–H groups in total. The molecule has 0 amide bonds. The Kier molecular flexibility index (Phi) is 5.58. The molecule has 0 saturated carbocycles. The van der Waals surface area contributed by atoms with Gasteiger partial charge in [0, 0.05) is 20.7 Å². The summed E-state index contributed by atoms with van der Waals surface area (Å²) < 4.78 is 36.2. The van der Waals surface area contributed by atoms with Gasteiger partial charge in [-0.25, -0.2) is 8.42 Å². The van der Waals surface area contributed by atoms with Crippen LogP contribution >= 0.6 is 15.9 Å². The number of benzene rings is 1. The lowest BCUT2D eigenvalue weighted by molar-refractivity contribution is 0.185. The van der Waals surface area contributed by atoms with Gasteiger partial charge < -0.3 is 9.47 Å². The van der Waals surface area contributed by atoms with E-state index in [1.165, 1.54) is 37.7 Å². The van der Waals surface area contributed by atoms with Crippen LogP contribution in [0.4, 0.5) is 0 Å². The zero-order valence-electron chi connectivity index (χ0n) is 10.5. The molecule has 18 heavy (non-hydrogen) atoms. The van der Waals surface area contributed by atoms with E-state index in [1.54, 1.807) is 6.07 Å². The average molecular weight is 338 g/mol. The fraction of sp³-hybridized carbons (Fsp3) is 0.455. The summed E-state index contributed by atoms with van der Waals surface area (Å²) in [5.41, 5.74) is 0. The van der Waals surface area contributed by atoms with Gasteiger partial charge >= 0.3 is 0 Å². The highest BCUT2D eigenvalue weighted by molar-refractivity contribution is 9.10. The molecule has 0 fully saturated rings. The third kappa shape index (κ3) is 3.44. The molecule has 0 aliphatic carbocycles. The number of likely N-dealkylation sites (N-methyl/N-ethyl adjacent to an activating group) is 1. The van der Waals surface area contributed by atoms with Crippen LogP contribution in [0.5, 0.6) is 5.75 Å². The van der Waals surface area contributed by atoms with E-state index in [1.807, 2.05) is 0 Å². The Morgan fingerprint density at radius 2 is 2.00 bits per heavy atom. The molecule has 0 aliphatic heterocycles. The van der Waals surface area contributed by atoms with Crippen molar-refractivity contribution in [1.82, 2.24) is 4.31 Å². The van der Waals surface area contributed by atoms with Gasteiger partial charge in [0.2, 0.25) is 10.0 Å². The van der Waals surface area contributed by atoms with Crippen molar-refractivity contribution in [1.29, 1.82) is 0 Å². The normalized spacial score (nSPS) is 11.8. The quantitative estimate of drug-likeness (QED) is 0.793. The van der Waals surface area contributed by atoms with Crippen molar-refractivity contribution in [3.8, 4) is 5.75 Å². The lowest BCUT2D eigenvalue weighted by Gasteiger charge is -2.17. The van der Waals surface area contributed by atoms with Crippen LogP contribution in [0.15, 0.2) is 27.6 Å². The number of halogens is 1. The number of hydrogen-bond donors (Lipinski definition) is 0. The van der Waals surface area contributed by atoms with Crippen molar-refractivity contribution in [2.24, 2.45) is 0 Å². The summed E-state index contributed by atoms with van der Waals surface area (Å²) in [6, 6.07) is 4.65. The maximum atomic E-state index is 12.2. The fourth-order valence-corrected chi connectivity index (χ4v) is 3.20. The third-order valence-corrected chi connectivity index (χ3v) is 4.91. The highest BCUT2D eigenvalue weighted by atomic mass is 79.9. The first-order valence-corrected chi connectivity index (χ1v) is 7.45. The second-order valence-corrected chi connectivity index (χ2v) is 6.51. The van der Waals surface area contributed by atoms with Crippen LogP contribution in [0.3, 0.4) is 0 Å². The van der Waals surface area contributed by atoms with Gasteiger partial charge in [0.25, 0.3) is 0 Å². The van der Waals surface area contributed by atoms with Crippen LogP contribution in [-0.4, -0.2) is 47.1 Å². The fourth-order valence-electron chi connectivity index (χ4n) is 1.33. The number of methoxy groups -OCH3 is 2. The second kappa shape index (κ2) is 6.51. The average Bonchev–Trinajstić information content (AvgIpc) is 2.35. The van der Waals surface area contributed by atoms with E-state index in [0.29, 0.717) is 23.4 Å². The van der Waals surface area contributed by atoms with Crippen LogP contribution in [0.25, 0.3) is 0 Å². The van der Waals surface area contributed by atoms with Crippen molar-refractivity contribution in [3.63, 3.8) is 0 Å². The first-order chi connectivity index (χ1) is 8.43. The summed E-state index contributed by atoms with van der Waals surface area (Å²) in [4.78, 5) is 0.216. The number of rotatable bonds is 6. The molecular weight excluding hydrogens is 322 g/mol. The van der Waals surface area contributed by atoms with Gasteiger partial charge in [-0.05, 0) is 34.1 Å². The first kappa shape index (κ1) is 15.4. The molecule has 0 saturated heterocycles. The topological polar surface area (TPSA) is 55.8 Å². The Hall–Kier alpha value is -0.630. The first-order valence-electron chi connectivity index (χ1n) is 5.22. The Bertz CT molecular complexity index is 504. The van der Waals surface area contributed by atoms with Crippen LogP contribution in [0.1, 0.15) is 0 Å². The lowest BCUT2D eigenvalue weighted by Crippen LogP contribution is -2.30. The highest BCUT2D eigenvalue weighted by Crippen LogP contribution is 2.28. The van der Waals surface area contributed by atoms with Crippen molar-refractivity contribution < 1.29 is 17.9 Å². The second-order valence-electron chi connectivity index (χ2n) is 3.62. The Balaban J connectivity index is 3.01. The van der Waals surface area contributed by atoms with E-state index < -0.39 is 10.0 Å². The highest BCUT2D eigenvalue weighted by Gasteiger charge is 2.21. The van der Waals surface area contributed by atoms with Gasteiger partial charge in [0.15, 0.2) is 0 Å². The molecular formula is C11H16BrNO4S. The molecule has 1 aromatic rings. The monoisotopic (exact) mass is 337 g/mol. The SMILES string of the molecule is COCCN(C)S(=O)(=O)c1ccc(OC)c(Br)c1. The largest absolute Gasteiger partial charge is 0.496 e. The van der Waals surface area contributed by atoms with Crippen LogP contribution in [0.2, 0.25) is 0 Å². The van der Waals surface area contributed by atoms with E-state index in [9.17, 15) is 8.42 Å². The van der Waals surface area contributed by atoms with Crippen molar-refractivity contribution in [2.75, 3.05) is 34.4 Å². The van der Waals surface area contributed by atoms with E-state index in [0.717, 1.165) is 0 Å². The minimum absolute atomic E-state index is 0.216. The summed E-state index contributed by atoms with van der Waals surface area (Å²) in [6.45, 7) is 0.662. The molecule has 0 atom stereocenters. The van der Waals surface area contributed by atoms with Gasteiger partial charge in [-0.15, -0.1) is 0 Å².